The highest BCUT2D eigenvalue weighted by molar-refractivity contribution is 6.20. The first-order valence-corrected chi connectivity index (χ1v) is 6.85. The predicted octanol–water partition coefficient (Wildman–Crippen LogP) is 5.08. The number of hydrogen-bond acceptors (Lipinski definition) is 0. The average molecular weight is 237 g/mol. The number of alkyl halides is 1. The van der Waals surface area contributed by atoms with Crippen molar-refractivity contribution in [3.8, 4) is 0 Å². The van der Waals surface area contributed by atoms with Crippen molar-refractivity contribution in [3.63, 3.8) is 0 Å². The van der Waals surface area contributed by atoms with Gasteiger partial charge < -0.3 is 0 Å². The van der Waals surface area contributed by atoms with Gasteiger partial charge in [0.1, 0.15) is 0 Å². The second-order valence-electron chi connectivity index (χ2n) is 5.17. The summed E-state index contributed by atoms with van der Waals surface area (Å²) in [7, 11) is 0. The summed E-state index contributed by atoms with van der Waals surface area (Å²) in [5, 5.41) is 0.268. The molecular weight excluding hydrogens is 216 g/mol. The first-order chi connectivity index (χ1) is 7.68. The Labute approximate surface area is 104 Å². The molecule has 0 bridgehead atoms. The molecule has 0 spiro atoms. The lowest BCUT2D eigenvalue weighted by Gasteiger charge is -2.29. The molecule has 0 heterocycles. The van der Waals surface area contributed by atoms with Crippen LogP contribution in [-0.2, 0) is 0 Å². The molecule has 0 nitrogen and oxygen atoms in total. The van der Waals surface area contributed by atoms with Gasteiger partial charge in [-0.15, -0.1) is 11.6 Å². The first-order valence-electron chi connectivity index (χ1n) is 6.41. The molecule has 1 fully saturated rings. The highest BCUT2D eigenvalue weighted by Gasteiger charge is 2.23. The van der Waals surface area contributed by atoms with Crippen molar-refractivity contribution in [3.05, 3.63) is 35.4 Å². The Morgan fingerprint density at radius 2 is 1.94 bits per heavy atom. The van der Waals surface area contributed by atoms with Crippen molar-refractivity contribution in [1.29, 1.82) is 0 Å². The first kappa shape index (κ1) is 12.0. The summed E-state index contributed by atoms with van der Waals surface area (Å²) in [4.78, 5) is 0. The Morgan fingerprint density at radius 1 is 1.25 bits per heavy atom. The molecule has 1 aliphatic rings. The van der Waals surface area contributed by atoms with E-state index in [1.807, 2.05) is 0 Å². The lowest BCUT2D eigenvalue weighted by Crippen LogP contribution is -2.13. The van der Waals surface area contributed by atoms with E-state index in [-0.39, 0.29) is 5.38 Å². The van der Waals surface area contributed by atoms with Gasteiger partial charge in [0.15, 0.2) is 0 Å². The average Bonchev–Trinajstić information content (AvgIpc) is 2.14. The van der Waals surface area contributed by atoms with Crippen molar-refractivity contribution < 1.29 is 0 Å². The third-order valence-electron chi connectivity index (χ3n) is 3.75. The van der Waals surface area contributed by atoms with Gasteiger partial charge in [0, 0.05) is 5.38 Å². The SMILES string of the molecule is CC(Cl)CC(C)c1ccccc1C1CCC1. The van der Waals surface area contributed by atoms with Crippen LogP contribution in [0.1, 0.15) is 62.5 Å². The smallest absolute Gasteiger partial charge is 0.0313 e. The third-order valence-corrected chi connectivity index (χ3v) is 3.93. The standard InChI is InChI=1S/C15H21Cl/c1-11(10-12(2)16)14-8-3-4-9-15(14)13-6-5-7-13/h3-4,8-9,11-13H,5-7,10H2,1-2H3. The number of hydrogen-bond donors (Lipinski definition) is 0. The lowest BCUT2D eigenvalue weighted by molar-refractivity contribution is 0.415. The van der Waals surface area contributed by atoms with Crippen LogP contribution < -0.4 is 0 Å². The Hall–Kier alpha value is -0.490. The van der Waals surface area contributed by atoms with E-state index in [4.69, 9.17) is 11.6 Å². The van der Waals surface area contributed by atoms with Crippen LogP contribution in [0.4, 0.5) is 0 Å². The minimum atomic E-state index is 0.268. The highest BCUT2D eigenvalue weighted by Crippen LogP contribution is 2.40. The molecular formula is C15H21Cl. The van der Waals surface area contributed by atoms with E-state index in [1.54, 1.807) is 5.56 Å². The van der Waals surface area contributed by atoms with Gasteiger partial charge in [-0.2, -0.15) is 0 Å². The Bertz CT molecular complexity index is 339. The van der Waals surface area contributed by atoms with Gasteiger partial charge in [0.2, 0.25) is 0 Å². The molecule has 0 aliphatic heterocycles. The summed E-state index contributed by atoms with van der Waals surface area (Å²) >= 11 is 6.10. The zero-order valence-electron chi connectivity index (χ0n) is 10.2. The molecule has 1 aromatic rings. The van der Waals surface area contributed by atoms with E-state index in [1.165, 1.54) is 24.8 Å². The van der Waals surface area contributed by atoms with Crippen LogP contribution in [0.3, 0.4) is 0 Å². The minimum absolute atomic E-state index is 0.268. The van der Waals surface area contributed by atoms with Crippen LogP contribution >= 0.6 is 11.6 Å². The minimum Gasteiger partial charge on any atom is -0.123 e. The van der Waals surface area contributed by atoms with Gasteiger partial charge in [0.25, 0.3) is 0 Å². The molecule has 2 atom stereocenters. The van der Waals surface area contributed by atoms with Gasteiger partial charge in [-0.25, -0.2) is 0 Å². The highest BCUT2D eigenvalue weighted by atomic mass is 35.5. The largest absolute Gasteiger partial charge is 0.123 e. The molecule has 1 heteroatoms. The third kappa shape index (κ3) is 2.60. The fourth-order valence-electron chi connectivity index (χ4n) is 2.66. The molecule has 0 radical (unpaired) electrons. The molecule has 1 saturated carbocycles. The quantitative estimate of drug-likeness (QED) is 0.640. The predicted molar refractivity (Wildman–Crippen MR) is 71.4 cm³/mol. The van der Waals surface area contributed by atoms with Crippen molar-refractivity contribution in [2.45, 2.75) is 56.7 Å². The van der Waals surface area contributed by atoms with E-state index < -0.39 is 0 Å². The summed E-state index contributed by atoms with van der Waals surface area (Å²) in [5.74, 6) is 1.41. The van der Waals surface area contributed by atoms with Crippen molar-refractivity contribution >= 4 is 11.6 Å². The van der Waals surface area contributed by atoms with Crippen LogP contribution in [0.15, 0.2) is 24.3 Å². The van der Waals surface area contributed by atoms with Crippen molar-refractivity contribution in [2.24, 2.45) is 0 Å². The van der Waals surface area contributed by atoms with Gasteiger partial charge in [-0.1, -0.05) is 37.6 Å². The Balaban J connectivity index is 2.18. The Kier molecular flexibility index (Phi) is 3.91. The maximum atomic E-state index is 6.10. The molecule has 0 saturated heterocycles. The Morgan fingerprint density at radius 3 is 2.50 bits per heavy atom. The zero-order chi connectivity index (χ0) is 11.5. The summed E-state index contributed by atoms with van der Waals surface area (Å²) in [5.41, 5.74) is 3.11. The fraction of sp³-hybridized carbons (Fsp3) is 0.600. The van der Waals surface area contributed by atoms with Gasteiger partial charge >= 0.3 is 0 Å². The van der Waals surface area contributed by atoms with Gasteiger partial charge in [0.05, 0.1) is 0 Å². The molecule has 1 aromatic carbocycles. The maximum Gasteiger partial charge on any atom is 0.0313 e. The van der Waals surface area contributed by atoms with Gasteiger partial charge in [-0.3, -0.25) is 0 Å². The second-order valence-corrected chi connectivity index (χ2v) is 5.92. The number of benzene rings is 1. The molecule has 16 heavy (non-hydrogen) atoms. The van der Waals surface area contributed by atoms with E-state index in [9.17, 15) is 0 Å². The van der Waals surface area contributed by atoms with E-state index in [0.717, 1.165) is 12.3 Å². The zero-order valence-corrected chi connectivity index (χ0v) is 11.0. The normalized spacial score (nSPS) is 20.2. The number of halogens is 1. The molecule has 0 N–H and O–H groups in total. The number of rotatable bonds is 4. The van der Waals surface area contributed by atoms with Crippen LogP contribution in [-0.4, -0.2) is 5.38 Å². The van der Waals surface area contributed by atoms with Crippen LogP contribution in [0.25, 0.3) is 0 Å². The van der Waals surface area contributed by atoms with Crippen LogP contribution in [0, 0.1) is 0 Å². The van der Waals surface area contributed by atoms with Crippen molar-refractivity contribution in [2.75, 3.05) is 0 Å². The fourth-order valence-corrected chi connectivity index (χ4v) is 2.93. The van der Waals surface area contributed by atoms with Crippen LogP contribution in [0.2, 0.25) is 0 Å². The summed E-state index contributed by atoms with van der Waals surface area (Å²) in [6.45, 7) is 4.39. The second kappa shape index (κ2) is 5.23. The van der Waals surface area contributed by atoms with E-state index in [0.29, 0.717) is 5.92 Å². The molecule has 2 unspecified atom stereocenters. The molecule has 1 aliphatic carbocycles. The topological polar surface area (TPSA) is 0 Å². The monoisotopic (exact) mass is 236 g/mol. The molecule has 2 rings (SSSR count). The molecule has 88 valence electrons. The summed E-state index contributed by atoms with van der Waals surface area (Å²) < 4.78 is 0. The molecule has 0 aromatic heterocycles. The van der Waals surface area contributed by atoms with Crippen molar-refractivity contribution in [1.82, 2.24) is 0 Å². The summed E-state index contributed by atoms with van der Waals surface area (Å²) in [6.07, 6.45) is 5.23. The van der Waals surface area contributed by atoms with E-state index >= 15 is 0 Å². The summed E-state index contributed by atoms with van der Waals surface area (Å²) in [6, 6.07) is 8.94. The van der Waals surface area contributed by atoms with E-state index in [2.05, 4.69) is 38.1 Å². The van der Waals surface area contributed by atoms with Crippen LogP contribution in [0.5, 0.6) is 0 Å². The maximum absolute atomic E-state index is 6.10. The molecule has 0 amide bonds. The lowest BCUT2D eigenvalue weighted by atomic mass is 9.76. The van der Waals surface area contributed by atoms with Gasteiger partial charge in [-0.05, 0) is 49.1 Å².